The van der Waals surface area contributed by atoms with Crippen molar-refractivity contribution in [1.82, 2.24) is 14.4 Å². The van der Waals surface area contributed by atoms with Crippen LogP contribution in [-0.4, -0.2) is 83.5 Å². The standard InChI is InChI=1S/C49H91N3O5/c1-6-10-14-18-20-23-29-43(28-22-16-12-8-3)42-57-49(55)47-38-44(39-50(47)5)40-52(36-35-51-33-26-27-34-51)41-46(53)32-37-56-48(54)45(30-24-17-13-9-4)31-25-21-19-15-11-7-2/h38-39,43,45-46,53H,6-37,40-42H2,1-5H3. The average Bonchev–Trinajstić information content (AvgIpc) is 3.86. The van der Waals surface area contributed by atoms with E-state index in [2.05, 4.69) is 37.5 Å². The van der Waals surface area contributed by atoms with Crippen molar-refractivity contribution in [3.63, 3.8) is 0 Å². The molecule has 2 rings (SSSR count). The predicted molar refractivity (Wildman–Crippen MR) is 239 cm³/mol. The first-order valence-electron chi connectivity index (χ1n) is 24.4. The summed E-state index contributed by atoms with van der Waals surface area (Å²) in [6.07, 6.45) is 33.1. The van der Waals surface area contributed by atoms with E-state index in [1.54, 1.807) is 0 Å². The molecule has 1 aromatic rings. The largest absolute Gasteiger partial charge is 0.465 e. The molecule has 1 aliphatic rings. The van der Waals surface area contributed by atoms with Gasteiger partial charge in [-0.05, 0) is 69.2 Å². The van der Waals surface area contributed by atoms with Gasteiger partial charge in [-0.25, -0.2) is 4.79 Å². The van der Waals surface area contributed by atoms with Crippen molar-refractivity contribution in [3.8, 4) is 0 Å². The Kier molecular flexibility index (Phi) is 30.5. The molecule has 3 unspecified atom stereocenters. The zero-order chi connectivity index (χ0) is 41.4. The van der Waals surface area contributed by atoms with Crippen LogP contribution in [0.15, 0.2) is 12.3 Å². The monoisotopic (exact) mass is 802 g/mol. The van der Waals surface area contributed by atoms with Crippen molar-refractivity contribution in [2.75, 3.05) is 45.9 Å². The smallest absolute Gasteiger partial charge is 0.354 e. The molecule has 8 nitrogen and oxygen atoms in total. The van der Waals surface area contributed by atoms with Crippen LogP contribution in [0.4, 0.5) is 0 Å². The van der Waals surface area contributed by atoms with Gasteiger partial charge in [0.05, 0.1) is 25.2 Å². The Labute approximate surface area is 351 Å². The third-order valence-corrected chi connectivity index (χ3v) is 12.3. The molecule has 57 heavy (non-hydrogen) atoms. The minimum atomic E-state index is -0.605. The van der Waals surface area contributed by atoms with Crippen molar-refractivity contribution in [3.05, 3.63) is 23.5 Å². The first-order chi connectivity index (χ1) is 27.8. The molecule has 0 radical (unpaired) electrons. The van der Waals surface area contributed by atoms with Crippen LogP contribution in [0.25, 0.3) is 0 Å². The molecule has 2 heterocycles. The van der Waals surface area contributed by atoms with Gasteiger partial charge in [0.25, 0.3) is 0 Å². The lowest BCUT2D eigenvalue weighted by atomic mass is 9.94. The molecule has 0 amide bonds. The van der Waals surface area contributed by atoms with Gasteiger partial charge in [0.15, 0.2) is 0 Å². The van der Waals surface area contributed by atoms with Gasteiger partial charge in [-0.3, -0.25) is 9.69 Å². The Hall–Kier alpha value is -1.90. The number of likely N-dealkylation sites (tertiary alicyclic amines) is 1. The quantitative estimate of drug-likeness (QED) is 0.0526. The normalized spacial score (nSPS) is 15.0. The number of esters is 2. The lowest BCUT2D eigenvalue weighted by Crippen LogP contribution is -2.38. The van der Waals surface area contributed by atoms with E-state index in [0.717, 1.165) is 70.3 Å². The topological polar surface area (TPSA) is 84.2 Å². The molecule has 0 aromatic carbocycles. The summed E-state index contributed by atoms with van der Waals surface area (Å²) in [7, 11) is 1.93. The SMILES string of the molecule is CCCCCCCCC(CCCCCC)COC(=O)c1cc(CN(CCN2CCCC2)CC(O)CCOC(=O)C(CCCCCC)CCCCCCCC)cn1C. The van der Waals surface area contributed by atoms with E-state index in [1.807, 2.05) is 23.9 Å². The lowest BCUT2D eigenvalue weighted by Gasteiger charge is -2.27. The summed E-state index contributed by atoms with van der Waals surface area (Å²) in [5.41, 5.74) is 1.64. The highest BCUT2D eigenvalue weighted by Gasteiger charge is 2.22. The van der Waals surface area contributed by atoms with Crippen LogP contribution in [0.5, 0.6) is 0 Å². The summed E-state index contributed by atoms with van der Waals surface area (Å²) in [6.45, 7) is 14.9. The zero-order valence-corrected chi connectivity index (χ0v) is 38.1. The Morgan fingerprint density at radius 2 is 1.21 bits per heavy atom. The zero-order valence-electron chi connectivity index (χ0n) is 38.1. The number of nitrogens with zero attached hydrogens (tertiary/aromatic N) is 3. The fraction of sp³-hybridized carbons (Fsp3) is 0.878. The molecule has 0 saturated carbocycles. The lowest BCUT2D eigenvalue weighted by molar-refractivity contribution is -0.149. The summed E-state index contributed by atoms with van der Waals surface area (Å²) < 4.78 is 13.8. The van der Waals surface area contributed by atoms with Crippen LogP contribution in [0.2, 0.25) is 0 Å². The van der Waals surface area contributed by atoms with E-state index in [9.17, 15) is 14.7 Å². The first kappa shape index (κ1) is 51.2. The third-order valence-electron chi connectivity index (χ3n) is 12.3. The number of aliphatic hydroxyl groups is 1. The molecule has 3 atom stereocenters. The second-order valence-electron chi connectivity index (χ2n) is 17.7. The molecule has 1 aliphatic heterocycles. The first-order valence-corrected chi connectivity index (χ1v) is 24.4. The van der Waals surface area contributed by atoms with Crippen molar-refractivity contribution < 1.29 is 24.2 Å². The van der Waals surface area contributed by atoms with Gasteiger partial charge in [-0.2, -0.15) is 0 Å². The summed E-state index contributed by atoms with van der Waals surface area (Å²) in [5, 5.41) is 11.2. The van der Waals surface area contributed by atoms with Crippen LogP contribution < -0.4 is 0 Å². The van der Waals surface area contributed by atoms with Crippen LogP contribution in [0, 0.1) is 11.8 Å². The molecule has 1 N–H and O–H groups in total. The number of aliphatic hydroxyl groups excluding tert-OH is 1. The fourth-order valence-corrected chi connectivity index (χ4v) is 8.53. The Morgan fingerprint density at radius 3 is 1.77 bits per heavy atom. The second-order valence-corrected chi connectivity index (χ2v) is 17.7. The number of aryl methyl sites for hydroxylation is 1. The van der Waals surface area contributed by atoms with E-state index in [-0.39, 0.29) is 24.5 Å². The van der Waals surface area contributed by atoms with Crippen molar-refractivity contribution in [2.24, 2.45) is 18.9 Å². The minimum Gasteiger partial charge on any atom is -0.465 e. The van der Waals surface area contributed by atoms with E-state index in [1.165, 1.54) is 128 Å². The number of carbonyl (C=O) groups is 2. The van der Waals surface area contributed by atoms with E-state index >= 15 is 0 Å². The summed E-state index contributed by atoms with van der Waals surface area (Å²) in [5.74, 6) is 0.0802. The average molecular weight is 802 g/mol. The van der Waals surface area contributed by atoms with Crippen LogP contribution in [-0.2, 0) is 27.9 Å². The maximum atomic E-state index is 13.4. The molecule has 1 fully saturated rings. The van der Waals surface area contributed by atoms with Gasteiger partial charge < -0.3 is 24.0 Å². The molecule has 8 heteroatoms. The second kappa shape index (κ2) is 33.9. The molecule has 1 aromatic heterocycles. The number of ether oxygens (including phenoxy) is 2. The fourth-order valence-electron chi connectivity index (χ4n) is 8.53. The van der Waals surface area contributed by atoms with E-state index < -0.39 is 6.10 Å². The summed E-state index contributed by atoms with van der Waals surface area (Å²) in [4.78, 5) is 31.5. The number of aromatic nitrogens is 1. The highest BCUT2D eigenvalue weighted by atomic mass is 16.5. The Bertz CT molecular complexity index is 1120. The van der Waals surface area contributed by atoms with Gasteiger partial charge in [0.1, 0.15) is 5.69 Å². The molecule has 0 aliphatic carbocycles. The van der Waals surface area contributed by atoms with Gasteiger partial charge in [-0.1, -0.05) is 156 Å². The van der Waals surface area contributed by atoms with Gasteiger partial charge in [-0.15, -0.1) is 0 Å². The summed E-state index contributed by atoms with van der Waals surface area (Å²) >= 11 is 0. The minimum absolute atomic E-state index is 0.0295. The van der Waals surface area contributed by atoms with E-state index in [4.69, 9.17) is 9.47 Å². The Morgan fingerprint density at radius 1 is 0.702 bits per heavy atom. The van der Waals surface area contributed by atoms with Crippen LogP contribution >= 0.6 is 0 Å². The maximum Gasteiger partial charge on any atom is 0.354 e. The number of rotatable bonds is 38. The number of hydrogen-bond donors (Lipinski definition) is 1. The molecular formula is C49H91N3O5. The number of hydrogen-bond acceptors (Lipinski definition) is 7. The third kappa shape index (κ3) is 24.7. The van der Waals surface area contributed by atoms with Crippen LogP contribution in [0.3, 0.4) is 0 Å². The molecule has 332 valence electrons. The van der Waals surface area contributed by atoms with E-state index in [0.29, 0.717) is 37.7 Å². The van der Waals surface area contributed by atoms with Gasteiger partial charge in [0.2, 0.25) is 0 Å². The molecule has 0 spiro atoms. The maximum absolute atomic E-state index is 13.4. The van der Waals surface area contributed by atoms with Crippen molar-refractivity contribution in [1.29, 1.82) is 0 Å². The van der Waals surface area contributed by atoms with Gasteiger partial charge >= 0.3 is 11.9 Å². The number of carbonyl (C=O) groups excluding carboxylic acids is 2. The molecule has 0 bridgehead atoms. The highest BCUT2D eigenvalue weighted by Crippen LogP contribution is 2.23. The molecular weight excluding hydrogens is 711 g/mol. The number of unbranched alkanes of at least 4 members (excludes halogenated alkanes) is 16. The van der Waals surface area contributed by atoms with Crippen LogP contribution in [0.1, 0.15) is 217 Å². The highest BCUT2D eigenvalue weighted by molar-refractivity contribution is 5.88. The molecule has 1 saturated heterocycles. The van der Waals surface area contributed by atoms with Crippen molar-refractivity contribution in [2.45, 2.75) is 214 Å². The predicted octanol–water partition coefficient (Wildman–Crippen LogP) is 12.0. The summed E-state index contributed by atoms with van der Waals surface area (Å²) in [6, 6.07) is 1.98. The van der Waals surface area contributed by atoms with Gasteiger partial charge in [0, 0.05) is 45.8 Å². The Balaban J connectivity index is 1.95. The van der Waals surface area contributed by atoms with Crippen molar-refractivity contribution >= 4 is 11.9 Å².